The molecule has 0 fully saturated rings. The highest BCUT2D eigenvalue weighted by atomic mass is 35.5. The highest BCUT2D eigenvalue weighted by Crippen LogP contribution is 2.15. The number of nitrogens with one attached hydrogen (secondary N) is 1. The van der Waals surface area contributed by atoms with E-state index in [1.807, 2.05) is 18.2 Å². The van der Waals surface area contributed by atoms with E-state index < -0.39 is 0 Å². The summed E-state index contributed by atoms with van der Waals surface area (Å²) in [5.74, 6) is 6.20. The molecule has 0 aliphatic carbocycles. The fourth-order valence-electron chi connectivity index (χ4n) is 1.69. The standard InChI is InChI=1S/C17H15ClN2O2/c18-16-8-2-1-6-14(16)12-17(21)20-10-3-4-11-22-15-7-5-9-19-13-15/h1-2,5-9,13H,10-12H2,(H,20,21). The van der Waals surface area contributed by atoms with Gasteiger partial charge >= 0.3 is 0 Å². The van der Waals surface area contributed by atoms with E-state index in [9.17, 15) is 4.79 Å². The average Bonchev–Trinajstić information content (AvgIpc) is 2.54. The number of benzene rings is 1. The zero-order chi connectivity index (χ0) is 15.6. The van der Waals surface area contributed by atoms with Gasteiger partial charge in [0, 0.05) is 11.2 Å². The Balaban J connectivity index is 1.67. The van der Waals surface area contributed by atoms with Crippen LogP contribution in [0.2, 0.25) is 5.02 Å². The Labute approximate surface area is 134 Å². The Morgan fingerprint density at radius 3 is 2.86 bits per heavy atom. The maximum absolute atomic E-state index is 11.7. The lowest BCUT2D eigenvalue weighted by molar-refractivity contribution is -0.120. The van der Waals surface area contributed by atoms with E-state index in [2.05, 4.69) is 22.1 Å². The first-order chi connectivity index (χ1) is 10.8. The van der Waals surface area contributed by atoms with Gasteiger partial charge in [-0.05, 0) is 23.8 Å². The van der Waals surface area contributed by atoms with E-state index >= 15 is 0 Å². The summed E-state index contributed by atoms with van der Waals surface area (Å²) in [6.07, 6.45) is 3.54. The van der Waals surface area contributed by atoms with Crippen LogP contribution < -0.4 is 10.1 Å². The maximum Gasteiger partial charge on any atom is 0.225 e. The molecule has 1 amide bonds. The molecule has 0 saturated carbocycles. The van der Waals surface area contributed by atoms with Crippen LogP contribution in [0.4, 0.5) is 0 Å². The van der Waals surface area contributed by atoms with Gasteiger partial charge in [-0.2, -0.15) is 0 Å². The molecular formula is C17H15ClN2O2. The molecule has 0 aliphatic rings. The fraction of sp³-hybridized carbons (Fsp3) is 0.176. The maximum atomic E-state index is 11.7. The highest BCUT2D eigenvalue weighted by molar-refractivity contribution is 6.31. The minimum atomic E-state index is -0.115. The van der Waals surface area contributed by atoms with Crippen LogP contribution in [0, 0.1) is 11.8 Å². The number of halogens is 1. The van der Waals surface area contributed by atoms with Gasteiger partial charge in [0.05, 0.1) is 19.2 Å². The molecule has 112 valence electrons. The smallest absolute Gasteiger partial charge is 0.225 e. The molecule has 2 aromatic rings. The van der Waals surface area contributed by atoms with Crippen LogP contribution in [0.5, 0.6) is 5.75 Å². The lowest BCUT2D eigenvalue weighted by atomic mass is 10.1. The van der Waals surface area contributed by atoms with Crippen LogP contribution in [0.1, 0.15) is 5.56 Å². The van der Waals surface area contributed by atoms with Crippen molar-refractivity contribution in [1.82, 2.24) is 10.3 Å². The predicted octanol–water partition coefficient (Wildman–Crippen LogP) is 2.48. The van der Waals surface area contributed by atoms with Crippen LogP contribution in [0.25, 0.3) is 0 Å². The Kier molecular flexibility index (Phi) is 6.28. The van der Waals surface area contributed by atoms with Crippen molar-refractivity contribution < 1.29 is 9.53 Å². The molecule has 1 heterocycles. The van der Waals surface area contributed by atoms with E-state index in [1.165, 1.54) is 0 Å². The third-order valence-electron chi connectivity index (χ3n) is 2.75. The number of amides is 1. The van der Waals surface area contributed by atoms with Crippen molar-refractivity contribution in [3.8, 4) is 17.6 Å². The van der Waals surface area contributed by atoms with Crippen molar-refractivity contribution in [3.63, 3.8) is 0 Å². The van der Waals surface area contributed by atoms with Crippen LogP contribution >= 0.6 is 11.6 Å². The molecule has 0 saturated heterocycles. The summed E-state index contributed by atoms with van der Waals surface area (Å²) in [5.41, 5.74) is 0.800. The number of carbonyl (C=O) groups is 1. The van der Waals surface area contributed by atoms with E-state index in [0.29, 0.717) is 10.8 Å². The predicted molar refractivity (Wildman–Crippen MR) is 85.7 cm³/mol. The lowest BCUT2D eigenvalue weighted by Gasteiger charge is -2.03. The minimum absolute atomic E-state index is 0.115. The van der Waals surface area contributed by atoms with Crippen molar-refractivity contribution in [2.75, 3.05) is 13.2 Å². The lowest BCUT2D eigenvalue weighted by Crippen LogP contribution is -2.25. The zero-order valence-electron chi connectivity index (χ0n) is 11.9. The molecule has 2 rings (SSSR count). The van der Waals surface area contributed by atoms with Gasteiger partial charge in [-0.3, -0.25) is 9.78 Å². The van der Waals surface area contributed by atoms with Crippen molar-refractivity contribution in [2.24, 2.45) is 0 Å². The van der Waals surface area contributed by atoms with E-state index in [1.54, 1.807) is 30.6 Å². The molecule has 0 unspecified atom stereocenters. The van der Waals surface area contributed by atoms with Crippen LogP contribution in [0.3, 0.4) is 0 Å². The second-order valence-corrected chi connectivity index (χ2v) is 4.78. The highest BCUT2D eigenvalue weighted by Gasteiger charge is 2.04. The summed E-state index contributed by atoms with van der Waals surface area (Å²) in [7, 11) is 0. The van der Waals surface area contributed by atoms with Crippen molar-refractivity contribution >= 4 is 17.5 Å². The Morgan fingerprint density at radius 2 is 2.09 bits per heavy atom. The summed E-state index contributed by atoms with van der Waals surface area (Å²) in [6, 6.07) is 10.9. The van der Waals surface area contributed by atoms with Gasteiger partial charge in [0.25, 0.3) is 0 Å². The summed E-state index contributed by atoms with van der Waals surface area (Å²) in [6.45, 7) is 0.533. The minimum Gasteiger partial charge on any atom is -0.479 e. The molecule has 4 nitrogen and oxygen atoms in total. The van der Waals surface area contributed by atoms with Crippen LogP contribution in [0.15, 0.2) is 48.8 Å². The fourth-order valence-corrected chi connectivity index (χ4v) is 1.89. The van der Waals surface area contributed by atoms with Gasteiger partial charge < -0.3 is 10.1 Å². The number of pyridine rings is 1. The largest absolute Gasteiger partial charge is 0.479 e. The third kappa shape index (κ3) is 5.47. The van der Waals surface area contributed by atoms with E-state index in [0.717, 1.165) is 5.56 Å². The van der Waals surface area contributed by atoms with E-state index in [-0.39, 0.29) is 25.5 Å². The Hall–Kier alpha value is -2.51. The average molecular weight is 315 g/mol. The molecule has 1 aromatic carbocycles. The quantitative estimate of drug-likeness (QED) is 0.863. The first-order valence-electron chi connectivity index (χ1n) is 6.74. The third-order valence-corrected chi connectivity index (χ3v) is 3.12. The number of carbonyl (C=O) groups excluding carboxylic acids is 1. The topological polar surface area (TPSA) is 51.2 Å². The molecule has 0 aliphatic heterocycles. The molecule has 5 heteroatoms. The number of aromatic nitrogens is 1. The summed E-state index contributed by atoms with van der Waals surface area (Å²) in [4.78, 5) is 15.7. The van der Waals surface area contributed by atoms with Crippen LogP contribution in [-0.2, 0) is 11.2 Å². The van der Waals surface area contributed by atoms with E-state index in [4.69, 9.17) is 16.3 Å². The number of rotatable bonds is 5. The SMILES string of the molecule is O=C(Cc1ccccc1Cl)NCC#CCOc1cccnc1. The second kappa shape index (κ2) is 8.71. The number of hydrogen-bond acceptors (Lipinski definition) is 3. The Bertz CT molecular complexity index is 678. The van der Waals surface area contributed by atoms with Gasteiger partial charge in [-0.25, -0.2) is 0 Å². The molecule has 0 radical (unpaired) electrons. The van der Waals surface area contributed by atoms with Gasteiger partial charge in [0.15, 0.2) is 0 Å². The molecular weight excluding hydrogens is 300 g/mol. The normalized spacial score (nSPS) is 9.50. The molecule has 0 bridgehead atoms. The first-order valence-corrected chi connectivity index (χ1v) is 7.12. The number of ether oxygens (including phenoxy) is 1. The zero-order valence-corrected chi connectivity index (χ0v) is 12.6. The molecule has 1 N–H and O–H groups in total. The summed E-state index contributed by atoms with van der Waals surface area (Å²) >= 11 is 6.00. The number of nitrogens with zero attached hydrogens (tertiary/aromatic N) is 1. The monoisotopic (exact) mass is 314 g/mol. The Morgan fingerprint density at radius 1 is 1.23 bits per heavy atom. The number of hydrogen-bond donors (Lipinski definition) is 1. The first kappa shape index (κ1) is 15.9. The second-order valence-electron chi connectivity index (χ2n) is 4.38. The van der Waals surface area contributed by atoms with Crippen molar-refractivity contribution in [3.05, 3.63) is 59.4 Å². The van der Waals surface area contributed by atoms with Gasteiger partial charge in [-0.1, -0.05) is 41.6 Å². The molecule has 0 spiro atoms. The van der Waals surface area contributed by atoms with Gasteiger partial charge in [0.2, 0.25) is 5.91 Å². The molecule has 0 atom stereocenters. The summed E-state index contributed by atoms with van der Waals surface area (Å²) in [5, 5.41) is 3.31. The van der Waals surface area contributed by atoms with Gasteiger partial charge in [-0.15, -0.1) is 0 Å². The van der Waals surface area contributed by atoms with Crippen molar-refractivity contribution in [2.45, 2.75) is 6.42 Å². The molecule has 22 heavy (non-hydrogen) atoms. The van der Waals surface area contributed by atoms with Crippen molar-refractivity contribution in [1.29, 1.82) is 0 Å². The summed E-state index contributed by atoms with van der Waals surface area (Å²) < 4.78 is 5.36. The van der Waals surface area contributed by atoms with Crippen LogP contribution in [-0.4, -0.2) is 24.0 Å². The van der Waals surface area contributed by atoms with Gasteiger partial charge in [0.1, 0.15) is 12.4 Å². The molecule has 1 aromatic heterocycles.